The number of thiazole rings is 1. The van der Waals surface area contributed by atoms with E-state index in [2.05, 4.69) is 11.1 Å². The zero-order valence-electron chi connectivity index (χ0n) is 17.9. The molecule has 8 heteroatoms. The number of furan rings is 1. The van der Waals surface area contributed by atoms with Crippen molar-refractivity contribution in [1.82, 2.24) is 9.38 Å². The number of nitrogens with zero attached hydrogens (tertiary/aromatic N) is 3. The van der Waals surface area contributed by atoms with Crippen LogP contribution in [0.2, 0.25) is 0 Å². The van der Waals surface area contributed by atoms with E-state index >= 15 is 0 Å². The molecule has 0 aliphatic rings. The summed E-state index contributed by atoms with van der Waals surface area (Å²) in [6.07, 6.45) is 1.72. The number of rotatable bonds is 3. The van der Waals surface area contributed by atoms with Gasteiger partial charge in [0, 0.05) is 23.3 Å². The molecule has 3 aromatic heterocycles. The normalized spacial score (nSPS) is 12.3. The highest BCUT2D eigenvalue weighted by molar-refractivity contribution is 7.15. The summed E-state index contributed by atoms with van der Waals surface area (Å²) < 4.78 is 8.16. The SMILES string of the molecule is Cc1cc(C)c2nc3sc(=Cc4ccc(-c5cc(C)c([N+](=O)[O-])cc5C)o4)c(=O)n3c2c1. The topological polar surface area (TPSA) is 90.7 Å². The predicted octanol–water partition coefficient (Wildman–Crippen LogP) is 4.86. The number of aryl methyl sites for hydroxylation is 4. The molecule has 0 aliphatic carbocycles. The minimum absolute atomic E-state index is 0.0835. The van der Waals surface area contributed by atoms with Crippen LogP contribution in [0, 0.1) is 37.8 Å². The van der Waals surface area contributed by atoms with Gasteiger partial charge in [0.25, 0.3) is 11.2 Å². The Balaban J connectivity index is 1.61. The molecular weight excluding hydrogens is 426 g/mol. The molecular formula is C24H19N3O4S. The molecule has 32 heavy (non-hydrogen) atoms. The molecule has 2 aromatic carbocycles. The van der Waals surface area contributed by atoms with Gasteiger partial charge in [0.1, 0.15) is 16.1 Å². The van der Waals surface area contributed by atoms with Crippen LogP contribution in [0.4, 0.5) is 5.69 Å². The Morgan fingerprint density at radius 2 is 1.84 bits per heavy atom. The van der Waals surface area contributed by atoms with Gasteiger partial charge in [-0.2, -0.15) is 0 Å². The van der Waals surface area contributed by atoms with E-state index in [1.165, 1.54) is 11.3 Å². The largest absolute Gasteiger partial charge is 0.457 e. The second-order valence-electron chi connectivity index (χ2n) is 8.01. The van der Waals surface area contributed by atoms with E-state index < -0.39 is 0 Å². The lowest BCUT2D eigenvalue weighted by Gasteiger charge is -2.05. The lowest BCUT2D eigenvalue weighted by molar-refractivity contribution is -0.385. The summed E-state index contributed by atoms with van der Waals surface area (Å²) in [5.41, 5.74) is 5.84. The summed E-state index contributed by atoms with van der Waals surface area (Å²) in [6, 6.07) is 10.9. The van der Waals surface area contributed by atoms with Gasteiger partial charge in [0.2, 0.25) is 0 Å². The summed E-state index contributed by atoms with van der Waals surface area (Å²) in [6.45, 7) is 7.51. The van der Waals surface area contributed by atoms with Crippen LogP contribution in [-0.4, -0.2) is 14.3 Å². The average Bonchev–Trinajstić information content (AvgIpc) is 3.40. The van der Waals surface area contributed by atoms with Gasteiger partial charge in [-0.05, 0) is 68.7 Å². The minimum Gasteiger partial charge on any atom is -0.457 e. The van der Waals surface area contributed by atoms with Gasteiger partial charge >= 0.3 is 0 Å². The molecule has 160 valence electrons. The van der Waals surface area contributed by atoms with E-state index in [-0.39, 0.29) is 16.2 Å². The summed E-state index contributed by atoms with van der Waals surface area (Å²) >= 11 is 1.32. The average molecular weight is 446 g/mol. The van der Waals surface area contributed by atoms with E-state index in [1.807, 2.05) is 32.9 Å². The van der Waals surface area contributed by atoms with Gasteiger partial charge in [0.05, 0.1) is 16.0 Å². The standard InChI is InChI=1S/C24H19N3O4S/c1-12-7-15(4)22-19(8-12)26-23(28)21(32-24(26)25-22)11-16-5-6-20(31-16)17-9-14(3)18(27(29)30)10-13(17)2/h5-11H,1-4H3. The highest BCUT2D eigenvalue weighted by atomic mass is 32.1. The fourth-order valence-corrected chi connectivity index (χ4v) is 5.04. The maximum atomic E-state index is 13.1. The summed E-state index contributed by atoms with van der Waals surface area (Å²) in [4.78, 5) is 29.2. The summed E-state index contributed by atoms with van der Waals surface area (Å²) in [5, 5.41) is 11.2. The molecule has 0 saturated heterocycles. The molecule has 0 fully saturated rings. The Bertz CT molecular complexity index is 1670. The van der Waals surface area contributed by atoms with Gasteiger partial charge in [-0.15, -0.1) is 0 Å². The first-order chi connectivity index (χ1) is 15.2. The third-order valence-electron chi connectivity index (χ3n) is 5.58. The van der Waals surface area contributed by atoms with Gasteiger partial charge in [-0.1, -0.05) is 17.4 Å². The lowest BCUT2D eigenvalue weighted by atomic mass is 10.0. The molecule has 0 atom stereocenters. The van der Waals surface area contributed by atoms with Gasteiger partial charge in [0.15, 0.2) is 4.96 Å². The van der Waals surface area contributed by atoms with Crippen LogP contribution in [0.15, 0.2) is 45.6 Å². The number of benzene rings is 2. The maximum absolute atomic E-state index is 13.1. The molecule has 0 bridgehead atoms. The number of imidazole rings is 1. The molecule has 0 N–H and O–H groups in total. The molecule has 0 spiro atoms. The molecule has 0 radical (unpaired) electrons. The molecule has 5 rings (SSSR count). The van der Waals surface area contributed by atoms with Crippen LogP contribution in [0.5, 0.6) is 0 Å². The molecule has 0 saturated carbocycles. The van der Waals surface area contributed by atoms with E-state index in [1.54, 1.807) is 35.6 Å². The van der Waals surface area contributed by atoms with Gasteiger partial charge < -0.3 is 4.42 Å². The third-order valence-corrected chi connectivity index (χ3v) is 6.55. The van der Waals surface area contributed by atoms with Crippen molar-refractivity contribution in [2.75, 3.05) is 0 Å². The van der Waals surface area contributed by atoms with Crippen molar-refractivity contribution in [2.24, 2.45) is 0 Å². The van der Waals surface area contributed by atoms with E-state index in [0.717, 1.165) is 33.3 Å². The molecule has 0 amide bonds. The summed E-state index contributed by atoms with van der Waals surface area (Å²) in [5.74, 6) is 1.13. The third kappa shape index (κ3) is 3.11. The number of nitro benzene ring substituents is 1. The fourth-order valence-electron chi connectivity index (χ4n) is 4.08. The van der Waals surface area contributed by atoms with Crippen LogP contribution in [0.25, 0.3) is 33.4 Å². The van der Waals surface area contributed by atoms with Crippen LogP contribution in [0.3, 0.4) is 0 Å². The van der Waals surface area contributed by atoms with Gasteiger partial charge in [-0.25, -0.2) is 9.38 Å². The monoisotopic (exact) mass is 445 g/mol. The van der Waals surface area contributed by atoms with Crippen molar-refractivity contribution >= 4 is 39.1 Å². The quantitative estimate of drug-likeness (QED) is 0.292. The van der Waals surface area contributed by atoms with Crippen molar-refractivity contribution in [3.05, 3.63) is 89.4 Å². The molecule has 0 unspecified atom stereocenters. The minimum atomic E-state index is -0.386. The Hall–Kier alpha value is -3.78. The molecule has 3 heterocycles. The van der Waals surface area contributed by atoms with Crippen molar-refractivity contribution in [3.63, 3.8) is 0 Å². The first-order valence-corrected chi connectivity index (χ1v) is 10.8. The number of aromatic nitrogens is 2. The van der Waals surface area contributed by atoms with Gasteiger partial charge in [-0.3, -0.25) is 14.9 Å². The van der Waals surface area contributed by atoms with Crippen LogP contribution in [0.1, 0.15) is 28.0 Å². The van der Waals surface area contributed by atoms with E-state index in [0.29, 0.717) is 26.6 Å². The number of nitro groups is 1. The van der Waals surface area contributed by atoms with E-state index in [9.17, 15) is 14.9 Å². The fraction of sp³-hybridized carbons (Fsp3) is 0.167. The van der Waals surface area contributed by atoms with Crippen LogP contribution in [-0.2, 0) is 0 Å². The Morgan fingerprint density at radius 3 is 2.59 bits per heavy atom. The number of hydrogen-bond acceptors (Lipinski definition) is 6. The maximum Gasteiger partial charge on any atom is 0.275 e. The smallest absolute Gasteiger partial charge is 0.275 e. The van der Waals surface area contributed by atoms with Crippen molar-refractivity contribution in [2.45, 2.75) is 27.7 Å². The van der Waals surface area contributed by atoms with Crippen molar-refractivity contribution in [1.29, 1.82) is 0 Å². The summed E-state index contributed by atoms with van der Waals surface area (Å²) in [7, 11) is 0. The van der Waals surface area contributed by atoms with Crippen LogP contribution >= 0.6 is 11.3 Å². The zero-order valence-corrected chi connectivity index (χ0v) is 18.7. The molecule has 7 nitrogen and oxygen atoms in total. The second-order valence-corrected chi connectivity index (χ2v) is 9.02. The Labute approximate surface area is 186 Å². The predicted molar refractivity (Wildman–Crippen MR) is 125 cm³/mol. The van der Waals surface area contributed by atoms with Crippen molar-refractivity contribution in [3.8, 4) is 11.3 Å². The molecule has 0 aliphatic heterocycles. The first-order valence-electron chi connectivity index (χ1n) is 10.0. The second kappa shape index (κ2) is 7.13. The highest BCUT2D eigenvalue weighted by Crippen LogP contribution is 2.31. The lowest BCUT2D eigenvalue weighted by Crippen LogP contribution is -2.22. The number of hydrogen-bond donors (Lipinski definition) is 0. The Morgan fingerprint density at radius 1 is 1.06 bits per heavy atom. The first kappa shape index (κ1) is 20.1. The van der Waals surface area contributed by atoms with E-state index in [4.69, 9.17) is 4.42 Å². The van der Waals surface area contributed by atoms with Crippen molar-refractivity contribution < 1.29 is 9.34 Å². The highest BCUT2D eigenvalue weighted by Gasteiger charge is 2.17. The zero-order chi connectivity index (χ0) is 22.7. The Kier molecular flexibility index (Phi) is 4.49. The molecule has 5 aromatic rings. The van der Waals surface area contributed by atoms with Crippen LogP contribution < -0.4 is 10.1 Å². The number of fused-ring (bicyclic) bond motifs is 3.